The normalized spacial score (nSPS) is 19.9. The molecule has 1 aromatic carbocycles. The molecule has 1 amide bonds. The first-order chi connectivity index (χ1) is 10.6. The summed E-state index contributed by atoms with van der Waals surface area (Å²) in [4.78, 5) is 14.9. The topological polar surface area (TPSA) is 32.3 Å². The van der Waals surface area contributed by atoms with Crippen LogP contribution in [0.1, 0.15) is 29.6 Å². The van der Waals surface area contributed by atoms with Crippen molar-refractivity contribution < 1.29 is 13.6 Å². The van der Waals surface area contributed by atoms with Crippen LogP contribution in [0.2, 0.25) is 0 Å². The number of carbonyl (C=O) groups excluding carboxylic acids is 1. The number of amides is 1. The number of hydrogen-bond donors (Lipinski definition) is 1. The Morgan fingerprint density at radius 2 is 1.83 bits per heavy atom. The van der Waals surface area contributed by atoms with Crippen LogP contribution in [0.4, 0.5) is 8.78 Å². The number of thioether (sulfide) groups is 1. The molecule has 0 radical (unpaired) electrons. The number of hydrogen-bond acceptors (Lipinski definition) is 3. The summed E-state index contributed by atoms with van der Waals surface area (Å²) in [7, 11) is 0. The van der Waals surface area contributed by atoms with Crippen LogP contribution in [0.3, 0.4) is 0 Å². The lowest BCUT2D eigenvalue weighted by Crippen LogP contribution is -2.44. The molecule has 0 unspecified atom stereocenters. The first kappa shape index (κ1) is 18.5. The van der Waals surface area contributed by atoms with E-state index in [2.05, 4.69) is 5.32 Å². The second-order valence-corrected chi connectivity index (χ2v) is 7.19. The van der Waals surface area contributed by atoms with Crippen LogP contribution in [0, 0.1) is 5.41 Å². The van der Waals surface area contributed by atoms with E-state index in [0.29, 0.717) is 27.6 Å². The molecule has 1 spiro atoms. The molecule has 0 aromatic heterocycles. The third-order valence-corrected chi connectivity index (χ3v) is 5.49. The fourth-order valence-electron chi connectivity index (χ4n) is 3.37. The maximum Gasteiger partial charge on any atom is 0.288 e. The van der Waals surface area contributed by atoms with Crippen molar-refractivity contribution in [3.05, 3.63) is 29.8 Å². The van der Waals surface area contributed by atoms with Crippen LogP contribution in [0.25, 0.3) is 0 Å². The van der Waals surface area contributed by atoms with Gasteiger partial charge in [-0.25, -0.2) is 0 Å². The molecule has 1 N–H and O–H groups in total. The molecule has 2 aliphatic rings. The van der Waals surface area contributed by atoms with Gasteiger partial charge in [0.15, 0.2) is 0 Å². The summed E-state index contributed by atoms with van der Waals surface area (Å²) < 4.78 is 24.6. The number of halogens is 3. The van der Waals surface area contributed by atoms with Crippen LogP contribution in [-0.2, 0) is 0 Å². The highest BCUT2D eigenvalue weighted by Crippen LogP contribution is 2.37. The van der Waals surface area contributed by atoms with Crippen molar-refractivity contribution in [1.29, 1.82) is 0 Å². The van der Waals surface area contributed by atoms with Crippen molar-refractivity contribution in [2.45, 2.75) is 29.9 Å². The van der Waals surface area contributed by atoms with Crippen molar-refractivity contribution in [2.24, 2.45) is 5.41 Å². The summed E-state index contributed by atoms with van der Waals surface area (Å²) in [6.07, 6.45) is 3.30. The Morgan fingerprint density at radius 1 is 1.17 bits per heavy atom. The van der Waals surface area contributed by atoms with Crippen molar-refractivity contribution >= 4 is 30.1 Å². The molecule has 2 fully saturated rings. The number of benzene rings is 1. The number of rotatable bonds is 3. The number of piperidine rings is 1. The van der Waals surface area contributed by atoms with Gasteiger partial charge in [-0.1, -0.05) is 11.8 Å². The number of nitrogens with zero attached hydrogens (tertiary/aromatic N) is 1. The number of nitrogens with one attached hydrogen (secondary N) is 1. The molecular weight excluding hydrogens is 342 g/mol. The molecule has 0 saturated carbocycles. The number of carbonyl (C=O) groups is 1. The minimum absolute atomic E-state index is 0. The summed E-state index contributed by atoms with van der Waals surface area (Å²) in [6.45, 7) is 3.72. The van der Waals surface area contributed by atoms with Crippen molar-refractivity contribution in [3.8, 4) is 0 Å². The number of alkyl halides is 2. The molecule has 7 heteroatoms. The van der Waals surface area contributed by atoms with Gasteiger partial charge in [0.05, 0.1) is 0 Å². The van der Waals surface area contributed by atoms with Gasteiger partial charge in [-0.3, -0.25) is 4.79 Å². The lowest BCUT2D eigenvalue weighted by Gasteiger charge is -2.38. The summed E-state index contributed by atoms with van der Waals surface area (Å²) in [5.41, 5.74) is 0.966. The number of likely N-dealkylation sites (tertiary alicyclic amines) is 1. The molecule has 1 aromatic rings. The van der Waals surface area contributed by atoms with E-state index in [1.807, 2.05) is 4.90 Å². The van der Waals surface area contributed by atoms with Gasteiger partial charge in [0.25, 0.3) is 11.7 Å². The van der Waals surface area contributed by atoms with Gasteiger partial charge in [-0.2, -0.15) is 8.78 Å². The highest BCUT2D eigenvalue weighted by atomic mass is 35.5. The van der Waals surface area contributed by atoms with E-state index in [1.54, 1.807) is 24.3 Å². The standard InChI is InChI=1S/C16H20F2N2OS.ClH/c17-15(18)22-13-3-1-12(2-4-13)14(21)20-9-6-16(7-10-20)5-8-19-11-16;/h1-4,15,19H,5-11H2;1H. The van der Waals surface area contributed by atoms with Crippen LogP contribution in [-0.4, -0.2) is 42.7 Å². The molecule has 0 aliphatic carbocycles. The smallest absolute Gasteiger partial charge is 0.288 e. The Bertz CT molecular complexity index is 525. The maximum absolute atomic E-state index is 12.5. The average molecular weight is 363 g/mol. The van der Waals surface area contributed by atoms with Crippen LogP contribution < -0.4 is 5.32 Å². The molecule has 128 valence electrons. The molecule has 2 heterocycles. The molecular formula is C16H21ClF2N2OS. The summed E-state index contributed by atoms with van der Waals surface area (Å²) in [5.74, 6) is -2.42. The molecule has 0 atom stereocenters. The lowest BCUT2D eigenvalue weighted by molar-refractivity contribution is 0.0607. The largest absolute Gasteiger partial charge is 0.339 e. The predicted molar refractivity (Wildman–Crippen MR) is 90.6 cm³/mol. The third-order valence-electron chi connectivity index (χ3n) is 4.77. The lowest BCUT2D eigenvalue weighted by atomic mass is 9.78. The van der Waals surface area contributed by atoms with Crippen molar-refractivity contribution in [2.75, 3.05) is 26.2 Å². The molecule has 23 heavy (non-hydrogen) atoms. The van der Waals surface area contributed by atoms with Crippen molar-refractivity contribution in [3.63, 3.8) is 0 Å². The summed E-state index contributed by atoms with van der Waals surface area (Å²) >= 11 is 0.502. The van der Waals surface area contributed by atoms with Gasteiger partial charge >= 0.3 is 0 Å². The predicted octanol–water partition coefficient (Wildman–Crippen LogP) is 3.64. The van der Waals surface area contributed by atoms with Crippen LogP contribution in [0.5, 0.6) is 0 Å². The quantitative estimate of drug-likeness (QED) is 0.833. The minimum atomic E-state index is -2.43. The van der Waals surface area contributed by atoms with Gasteiger partial charge < -0.3 is 10.2 Å². The zero-order valence-electron chi connectivity index (χ0n) is 12.8. The third kappa shape index (κ3) is 4.37. The van der Waals surface area contributed by atoms with Gasteiger partial charge in [-0.15, -0.1) is 12.4 Å². The summed E-state index contributed by atoms with van der Waals surface area (Å²) in [6, 6.07) is 6.48. The SMILES string of the molecule is Cl.O=C(c1ccc(SC(F)F)cc1)N1CCC2(CCNC2)CC1. The fraction of sp³-hybridized carbons (Fsp3) is 0.562. The highest BCUT2D eigenvalue weighted by Gasteiger charge is 2.38. The first-order valence-electron chi connectivity index (χ1n) is 7.63. The Labute approximate surface area is 145 Å². The van der Waals surface area contributed by atoms with Gasteiger partial charge in [0.1, 0.15) is 0 Å². The van der Waals surface area contributed by atoms with Crippen molar-refractivity contribution in [1.82, 2.24) is 10.2 Å². The fourth-order valence-corrected chi connectivity index (χ4v) is 3.87. The zero-order valence-corrected chi connectivity index (χ0v) is 14.4. The molecule has 2 aliphatic heterocycles. The van der Waals surface area contributed by atoms with Crippen LogP contribution in [0.15, 0.2) is 29.2 Å². The molecule has 3 rings (SSSR count). The first-order valence-corrected chi connectivity index (χ1v) is 8.51. The van der Waals surface area contributed by atoms with E-state index in [-0.39, 0.29) is 18.3 Å². The Kier molecular flexibility index (Phi) is 6.28. The van der Waals surface area contributed by atoms with E-state index in [4.69, 9.17) is 0 Å². The maximum atomic E-state index is 12.5. The molecule has 2 saturated heterocycles. The van der Waals surface area contributed by atoms with E-state index >= 15 is 0 Å². The van der Waals surface area contributed by atoms with E-state index < -0.39 is 5.76 Å². The Hall–Kier alpha value is -0.850. The highest BCUT2D eigenvalue weighted by molar-refractivity contribution is 7.99. The summed E-state index contributed by atoms with van der Waals surface area (Å²) in [5, 5.41) is 3.41. The second kappa shape index (κ2) is 7.81. The monoisotopic (exact) mass is 362 g/mol. The van der Waals surface area contributed by atoms with E-state index in [0.717, 1.165) is 39.0 Å². The van der Waals surface area contributed by atoms with E-state index in [1.165, 1.54) is 6.42 Å². The average Bonchev–Trinajstić information content (AvgIpc) is 2.96. The van der Waals surface area contributed by atoms with Gasteiger partial charge in [0, 0.05) is 30.1 Å². The minimum Gasteiger partial charge on any atom is -0.339 e. The Morgan fingerprint density at radius 3 is 2.35 bits per heavy atom. The Balaban J connectivity index is 0.00000192. The zero-order chi connectivity index (χ0) is 15.6. The second-order valence-electron chi connectivity index (χ2n) is 6.12. The molecule has 0 bridgehead atoms. The van der Waals surface area contributed by atoms with E-state index in [9.17, 15) is 13.6 Å². The molecule has 3 nitrogen and oxygen atoms in total. The van der Waals surface area contributed by atoms with Crippen LogP contribution >= 0.6 is 24.2 Å². The van der Waals surface area contributed by atoms with Gasteiger partial charge in [-0.05, 0) is 55.5 Å². The van der Waals surface area contributed by atoms with Gasteiger partial charge in [0.2, 0.25) is 0 Å².